The predicted octanol–water partition coefficient (Wildman–Crippen LogP) is -1.43. The predicted molar refractivity (Wildman–Crippen MR) is 94.3 cm³/mol. The van der Waals surface area contributed by atoms with Crippen LogP contribution in [0.25, 0.3) is 0 Å². The number of nitrogens with two attached hydrogens (primary N) is 1. The zero-order valence-corrected chi connectivity index (χ0v) is 16.9. The number of hydrogen-bond acceptors (Lipinski definition) is 6. The number of nitrogen functional groups attached to an aromatic ring is 1. The molecule has 0 unspecified atom stereocenters. The Labute approximate surface area is 165 Å². The molecule has 0 fully saturated rings. The lowest BCUT2D eigenvalue weighted by Crippen LogP contribution is -3.00. The molecule has 1 amide bonds. The molecule has 7 nitrogen and oxygen atoms in total. The molecule has 0 bridgehead atoms. The summed E-state index contributed by atoms with van der Waals surface area (Å²) in [4.78, 5) is 35.4. The Bertz CT molecular complexity index is 807. The van der Waals surface area contributed by atoms with Gasteiger partial charge in [-0.2, -0.15) is 0 Å². The SMILES string of the molecule is CCOC(=O)Cc1csc(N)[n+]1CC(=O)c1cccc(NC(C)=O)c1.[Br-]. The molecule has 9 heteroatoms. The van der Waals surface area contributed by atoms with E-state index >= 15 is 0 Å². The van der Waals surface area contributed by atoms with Gasteiger partial charge in [-0.3, -0.25) is 20.1 Å². The molecule has 1 heterocycles. The van der Waals surface area contributed by atoms with Crippen molar-refractivity contribution in [3.8, 4) is 0 Å². The third kappa shape index (κ3) is 5.92. The molecule has 0 radical (unpaired) electrons. The summed E-state index contributed by atoms with van der Waals surface area (Å²) in [6.45, 7) is 3.44. The summed E-state index contributed by atoms with van der Waals surface area (Å²) >= 11 is 1.26. The van der Waals surface area contributed by atoms with Gasteiger partial charge in [-0.1, -0.05) is 23.5 Å². The first kappa shape index (κ1) is 21.8. The molecule has 0 aliphatic heterocycles. The molecule has 0 saturated carbocycles. The van der Waals surface area contributed by atoms with Gasteiger partial charge in [0.2, 0.25) is 11.7 Å². The summed E-state index contributed by atoms with van der Waals surface area (Å²) in [6.07, 6.45) is 0.0563. The van der Waals surface area contributed by atoms with E-state index in [-0.39, 0.29) is 47.6 Å². The van der Waals surface area contributed by atoms with Crippen molar-refractivity contribution in [3.63, 3.8) is 0 Å². The Kier molecular flexibility index (Phi) is 8.40. The minimum atomic E-state index is -0.367. The van der Waals surface area contributed by atoms with Crippen molar-refractivity contribution in [1.82, 2.24) is 0 Å². The molecular weight excluding hydrogens is 422 g/mol. The first-order valence-corrected chi connectivity index (χ1v) is 8.60. The van der Waals surface area contributed by atoms with Crippen LogP contribution in [0.1, 0.15) is 29.9 Å². The average Bonchev–Trinajstić information content (AvgIpc) is 2.88. The summed E-state index contributed by atoms with van der Waals surface area (Å²) in [5, 5.41) is 4.82. The number of carbonyl (C=O) groups is 3. The molecule has 0 atom stereocenters. The van der Waals surface area contributed by atoms with Crippen molar-refractivity contribution in [3.05, 3.63) is 40.9 Å². The van der Waals surface area contributed by atoms with E-state index < -0.39 is 0 Å². The number of anilines is 2. The molecule has 0 saturated heterocycles. The van der Waals surface area contributed by atoms with Crippen molar-refractivity contribution in [1.29, 1.82) is 0 Å². The number of nitrogens with zero attached hydrogens (tertiary/aromatic N) is 1. The summed E-state index contributed by atoms with van der Waals surface area (Å²) < 4.78 is 6.54. The number of ketones is 1. The number of benzene rings is 1. The third-order valence-electron chi connectivity index (χ3n) is 3.37. The van der Waals surface area contributed by atoms with Crippen LogP contribution in [-0.2, 0) is 27.3 Å². The molecule has 0 spiro atoms. The van der Waals surface area contributed by atoms with Gasteiger partial charge in [0.15, 0.2) is 6.54 Å². The van der Waals surface area contributed by atoms with Crippen molar-refractivity contribution in [2.24, 2.45) is 0 Å². The van der Waals surface area contributed by atoms with Gasteiger partial charge in [-0.25, -0.2) is 4.57 Å². The molecule has 0 aliphatic carbocycles. The molecular formula is C17H20BrN3O4S. The average molecular weight is 442 g/mol. The second-order valence-electron chi connectivity index (χ2n) is 5.32. The minimum absolute atomic E-state index is 0. The maximum atomic E-state index is 12.6. The maximum absolute atomic E-state index is 12.6. The quantitative estimate of drug-likeness (QED) is 0.311. The first-order valence-electron chi connectivity index (χ1n) is 7.72. The Hall–Kier alpha value is -2.26. The molecule has 1 aromatic carbocycles. The van der Waals surface area contributed by atoms with Gasteiger partial charge in [-0.15, -0.1) is 0 Å². The van der Waals surface area contributed by atoms with Crippen molar-refractivity contribution in [2.75, 3.05) is 17.7 Å². The van der Waals surface area contributed by atoms with Gasteiger partial charge in [0.25, 0.3) is 0 Å². The van der Waals surface area contributed by atoms with Crippen LogP contribution in [-0.4, -0.2) is 24.3 Å². The van der Waals surface area contributed by atoms with Gasteiger partial charge in [0.05, 0.1) is 6.61 Å². The Morgan fingerprint density at radius 1 is 1.31 bits per heavy atom. The van der Waals surface area contributed by atoms with E-state index in [4.69, 9.17) is 10.5 Å². The van der Waals surface area contributed by atoms with E-state index in [1.807, 2.05) is 0 Å². The summed E-state index contributed by atoms with van der Waals surface area (Å²) in [5.74, 6) is -0.751. The van der Waals surface area contributed by atoms with Crippen molar-refractivity contribution in [2.45, 2.75) is 26.8 Å². The van der Waals surface area contributed by atoms with E-state index in [9.17, 15) is 14.4 Å². The second kappa shape index (κ2) is 10.0. The lowest BCUT2D eigenvalue weighted by atomic mass is 10.1. The Balaban J connectivity index is 0.00000338. The zero-order chi connectivity index (χ0) is 18.4. The first-order chi connectivity index (χ1) is 11.9. The summed E-state index contributed by atoms with van der Waals surface area (Å²) in [5.41, 5.74) is 7.56. The highest BCUT2D eigenvalue weighted by atomic mass is 79.9. The van der Waals surface area contributed by atoms with Crippen LogP contribution in [0.15, 0.2) is 29.6 Å². The standard InChI is InChI=1S/C17H19N3O4S.BrH/c1-3-24-16(23)8-14-10-25-17(18)20(14)9-15(22)12-5-4-6-13(7-12)19-11(2)21;/h4-7,10,18H,3,8-9H2,1-2H3,(H,19,21);1H. The third-order valence-corrected chi connectivity index (χ3v) is 4.22. The lowest BCUT2D eigenvalue weighted by molar-refractivity contribution is -0.671. The summed E-state index contributed by atoms with van der Waals surface area (Å²) in [6, 6.07) is 6.68. The normalized spacial score (nSPS) is 9.92. The Morgan fingerprint density at radius 2 is 2.04 bits per heavy atom. The van der Waals surface area contributed by atoms with Crippen LogP contribution in [0.5, 0.6) is 0 Å². The number of Topliss-reactive ketones (excluding diaryl/α,β-unsaturated/α-hetero) is 1. The Morgan fingerprint density at radius 3 is 2.69 bits per heavy atom. The smallest absolute Gasteiger partial charge is 0.332 e. The maximum Gasteiger partial charge on any atom is 0.332 e. The monoisotopic (exact) mass is 441 g/mol. The van der Waals surface area contributed by atoms with E-state index in [0.717, 1.165) is 0 Å². The summed E-state index contributed by atoms with van der Waals surface area (Å²) in [7, 11) is 0. The van der Waals surface area contributed by atoms with Crippen LogP contribution in [0, 0.1) is 0 Å². The van der Waals surface area contributed by atoms with Crippen LogP contribution in [0.4, 0.5) is 10.8 Å². The van der Waals surface area contributed by atoms with Crippen LogP contribution < -0.4 is 32.6 Å². The highest BCUT2D eigenvalue weighted by molar-refractivity contribution is 7.13. The van der Waals surface area contributed by atoms with Crippen molar-refractivity contribution >= 4 is 39.8 Å². The van der Waals surface area contributed by atoms with E-state index in [2.05, 4.69) is 5.32 Å². The molecule has 2 aromatic rings. The number of amides is 1. The van der Waals surface area contributed by atoms with Gasteiger partial charge in [0.1, 0.15) is 12.1 Å². The minimum Gasteiger partial charge on any atom is -1.00 e. The number of halogens is 1. The van der Waals surface area contributed by atoms with E-state index in [1.165, 1.54) is 18.3 Å². The molecule has 26 heavy (non-hydrogen) atoms. The molecule has 2 rings (SSSR count). The van der Waals surface area contributed by atoms with Gasteiger partial charge < -0.3 is 27.0 Å². The highest BCUT2D eigenvalue weighted by Crippen LogP contribution is 2.14. The van der Waals surface area contributed by atoms with Crippen LogP contribution in [0.2, 0.25) is 0 Å². The second-order valence-corrected chi connectivity index (χ2v) is 6.21. The number of carbonyl (C=O) groups excluding carboxylic acids is 3. The van der Waals surface area contributed by atoms with Crippen molar-refractivity contribution < 1.29 is 40.7 Å². The largest absolute Gasteiger partial charge is 1.00 e. The van der Waals surface area contributed by atoms with Crippen LogP contribution in [0.3, 0.4) is 0 Å². The van der Waals surface area contributed by atoms with E-state index in [1.54, 1.807) is 41.1 Å². The fourth-order valence-electron chi connectivity index (χ4n) is 2.28. The molecule has 1 aromatic heterocycles. The molecule has 3 N–H and O–H groups in total. The zero-order valence-electron chi connectivity index (χ0n) is 14.5. The molecule has 140 valence electrons. The number of rotatable bonds is 7. The number of esters is 1. The van der Waals surface area contributed by atoms with Gasteiger partial charge >= 0.3 is 11.1 Å². The van der Waals surface area contributed by atoms with Gasteiger partial charge in [0, 0.05) is 23.6 Å². The topological polar surface area (TPSA) is 102 Å². The number of thiazole rings is 1. The van der Waals surface area contributed by atoms with Crippen LogP contribution >= 0.6 is 11.3 Å². The van der Waals surface area contributed by atoms with E-state index in [0.29, 0.717) is 28.7 Å². The lowest BCUT2D eigenvalue weighted by Gasteiger charge is -2.06. The fraction of sp³-hybridized carbons (Fsp3) is 0.294. The number of ether oxygens (including phenoxy) is 1. The molecule has 0 aliphatic rings. The number of hydrogen-bond donors (Lipinski definition) is 2. The number of aromatic nitrogens is 1. The van der Waals surface area contributed by atoms with Gasteiger partial charge in [-0.05, 0) is 19.1 Å². The fourth-order valence-corrected chi connectivity index (χ4v) is 3.06. The number of nitrogens with one attached hydrogen (secondary N) is 1. The highest BCUT2D eigenvalue weighted by Gasteiger charge is 2.21.